The zero-order valence-corrected chi connectivity index (χ0v) is 17.5. The molecule has 27 heavy (non-hydrogen) atoms. The third kappa shape index (κ3) is 11.4. The van der Waals surface area contributed by atoms with E-state index in [0.29, 0.717) is 6.61 Å². The second-order valence-electron chi connectivity index (χ2n) is 8.04. The van der Waals surface area contributed by atoms with Crippen LogP contribution in [0.15, 0.2) is 0 Å². The Morgan fingerprint density at radius 1 is 0.778 bits per heavy atom. The molecule has 162 valence electrons. The van der Waals surface area contributed by atoms with Crippen LogP contribution in [0.3, 0.4) is 0 Å². The topological polar surface area (TPSA) is 79.2 Å². The van der Waals surface area contributed by atoms with Gasteiger partial charge >= 0.3 is 0 Å². The Morgan fingerprint density at radius 3 is 1.74 bits per heavy atom. The van der Waals surface area contributed by atoms with Crippen molar-refractivity contribution in [2.24, 2.45) is 0 Å². The fraction of sp³-hybridized carbons (Fsp3) is 1.00. The average Bonchev–Trinajstić information content (AvgIpc) is 2.68. The average molecular weight is 389 g/mol. The molecule has 3 N–H and O–H groups in total. The summed E-state index contributed by atoms with van der Waals surface area (Å²) in [7, 11) is 0. The highest BCUT2D eigenvalue weighted by Gasteiger charge is 2.39. The van der Waals surface area contributed by atoms with Crippen LogP contribution in [0.25, 0.3) is 0 Å². The van der Waals surface area contributed by atoms with Gasteiger partial charge in [0.1, 0.15) is 24.4 Å². The molecule has 0 radical (unpaired) electrons. The molecule has 1 aliphatic heterocycles. The van der Waals surface area contributed by atoms with Gasteiger partial charge in [-0.25, -0.2) is 0 Å². The second-order valence-corrected chi connectivity index (χ2v) is 8.04. The van der Waals surface area contributed by atoms with Gasteiger partial charge < -0.3 is 24.8 Å². The quantitative estimate of drug-likeness (QED) is 0.329. The number of aliphatic hydroxyl groups excluding tert-OH is 3. The fourth-order valence-corrected chi connectivity index (χ4v) is 3.73. The molecule has 5 heteroatoms. The predicted molar refractivity (Wildman–Crippen MR) is 109 cm³/mol. The number of hydrogen-bond donors (Lipinski definition) is 3. The van der Waals surface area contributed by atoms with Crippen molar-refractivity contribution < 1.29 is 24.8 Å². The standard InChI is InChI=1S/C22H44O5/c1-2-3-4-5-6-7-8-9-10-11-12-13-14-15-16-26-22-20(17-23)27-18-19(24)21(22)25/h19-25H,2-18H2,1H3/t19-,20+,21+,22+/m1/s1. The first-order chi connectivity index (χ1) is 13.2. The zero-order chi connectivity index (χ0) is 19.7. The Bertz CT molecular complexity index is 324. The second kappa shape index (κ2) is 16.7. The minimum absolute atomic E-state index is 0.0467. The lowest BCUT2D eigenvalue weighted by Crippen LogP contribution is -2.55. The number of aliphatic hydroxyl groups is 3. The van der Waals surface area contributed by atoms with E-state index in [-0.39, 0.29) is 13.2 Å². The predicted octanol–water partition coefficient (Wildman–Crippen LogP) is 3.97. The lowest BCUT2D eigenvalue weighted by atomic mass is 10.0. The molecule has 0 aromatic heterocycles. The highest BCUT2D eigenvalue weighted by Crippen LogP contribution is 2.19. The van der Waals surface area contributed by atoms with Crippen LogP contribution in [0.2, 0.25) is 0 Å². The minimum atomic E-state index is -0.984. The van der Waals surface area contributed by atoms with Crippen molar-refractivity contribution in [3.05, 3.63) is 0 Å². The van der Waals surface area contributed by atoms with Crippen LogP contribution >= 0.6 is 0 Å². The summed E-state index contributed by atoms with van der Waals surface area (Å²) in [5.74, 6) is 0. The van der Waals surface area contributed by atoms with Crippen molar-refractivity contribution in [3.63, 3.8) is 0 Å². The molecule has 5 nitrogen and oxygen atoms in total. The van der Waals surface area contributed by atoms with Gasteiger partial charge in [0.05, 0.1) is 13.2 Å². The van der Waals surface area contributed by atoms with Crippen molar-refractivity contribution >= 4 is 0 Å². The maximum absolute atomic E-state index is 9.99. The first kappa shape index (κ1) is 24.8. The molecule has 1 aliphatic rings. The van der Waals surface area contributed by atoms with Gasteiger partial charge in [0.15, 0.2) is 0 Å². The SMILES string of the molecule is CCCCCCCCCCCCCCCCO[C@@H]1[C@@H](O)[C@H](O)CO[C@H]1CO. The maximum atomic E-state index is 9.99. The normalized spacial score (nSPS) is 25.8. The van der Waals surface area contributed by atoms with Gasteiger partial charge in [-0.05, 0) is 6.42 Å². The van der Waals surface area contributed by atoms with Gasteiger partial charge in [-0.2, -0.15) is 0 Å². The van der Waals surface area contributed by atoms with E-state index in [1.807, 2.05) is 0 Å². The van der Waals surface area contributed by atoms with Crippen molar-refractivity contribution in [3.8, 4) is 0 Å². The molecular formula is C22H44O5. The van der Waals surface area contributed by atoms with E-state index in [1.165, 1.54) is 77.0 Å². The van der Waals surface area contributed by atoms with E-state index in [2.05, 4.69) is 6.92 Å². The first-order valence-electron chi connectivity index (χ1n) is 11.4. The van der Waals surface area contributed by atoms with Gasteiger partial charge in [-0.15, -0.1) is 0 Å². The smallest absolute Gasteiger partial charge is 0.114 e. The first-order valence-corrected chi connectivity index (χ1v) is 11.4. The molecule has 0 bridgehead atoms. The van der Waals surface area contributed by atoms with Gasteiger partial charge in [-0.1, -0.05) is 90.4 Å². The lowest BCUT2D eigenvalue weighted by Gasteiger charge is -2.37. The van der Waals surface area contributed by atoms with Gasteiger partial charge in [0, 0.05) is 6.61 Å². The van der Waals surface area contributed by atoms with Crippen molar-refractivity contribution in [2.45, 2.75) is 121 Å². The fourth-order valence-electron chi connectivity index (χ4n) is 3.73. The maximum Gasteiger partial charge on any atom is 0.114 e. The van der Waals surface area contributed by atoms with Crippen molar-refractivity contribution in [1.82, 2.24) is 0 Å². The summed E-state index contributed by atoms with van der Waals surface area (Å²) in [5, 5.41) is 28.9. The Balaban J connectivity index is 1.87. The Morgan fingerprint density at radius 2 is 1.26 bits per heavy atom. The van der Waals surface area contributed by atoms with Crippen LogP contribution in [0.5, 0.6) is 0 Å². The van der Waals surface area contributed by atoms with E-state index in [1.54, 1.807) is 0 Å². The number of ether oxygens (including phenoxy) is 2. The summed E-state index contributed by atoms with van der Waals surface area (Å²) >= 11 is 0. The van der Waals surface area contributed by atoms with E-state index in [4.69, 9.17) is 9.47 Å². The molecule has 1 rings (SSSR count). The molecule has 0 unspecified atom stereocenters. The van der Waals surface area contributed by atoms with E-state index in [9.17, 15) is 15.3 Å². The Labute approximate surface area is 166 Å². The van der Waals surface area contributed by atoms with E-state index < -0.39 is 24.4 Å². The highest BCUT2D eigenvalue weighted by atomic mass is 16.6. The summed E-state index contributed by atoms with van der Waals surface area (Å²) in [6.07, 6.45) is 15.3. The molecule has 1 heterocycles. The van der Waals surface area contributed by atoms with Crippen molar-refractivity contribution in [1.29, 1.82) is 0 Å². The number of rotatable bonds is 17. The molecule has 1 fully saturated rings. The number of unbranched alkanes of at least 4 members (excludes halogenated alkanes) is 13. The van der Waals surface area contributed by atoms with Crippen LogP contribution in [0.4, 0.5) is 0 Å². The molecule has 4 atom stereocenters. The zero-order valence-electron chi connectivity index (χ0n) is 17.5. The number of hydrogen-bond acceptors (Lipinski definition) is 5. The molecule has 0 aromatic rings. The highest BCUT2D eigenvalue weighted by molar-refractivity contribution is 4.87. The Hall–Kier alpha value is -0.200. The lowest BCUT2D eigenvalue weighted by molar-refractivity contribution is -0.211. The summed E-state index contributed by atoms with van der Waals surface area (Å²) < 4.78 is 11.0. The third-order valence-electron chi connectivity index (χ3n) is 5.57. The van der Waals surface area contributed by atoms with Crippen molar-refractivity contribution in [2.75, 3.05) is 19.8 Å². The van der Waals surface area contributed by atoms with Crippen LogP contribution in [0, 0.1) is 0 Å². The van der Waals surface area contributed by atoms with Crippen LogP contribution in [-0.4, -0.2) is 59.6 Å². The van der Waals surface area contributed by atoms with E-state index in [0.717, 1.165) is 12.8 Å². The molecule has 0 saturated carbocycles. The van der Waals surface area contributed by atoms with Crippen LogP contribution in [0.1, 0.15) is 96.8 Å². The Kier molecular flexibility index (Phi) is 15.4. The molecule has 0 amide bonds. The van der Waals surface area contributed by atoms with Gasteiger partial charge in [0.2, 0.25) is 0 Å². The van der Waals surface area contributed by atoms with Gasteiger partial charge in [0.25, 0.3) is 0 Å². The largest absolute Gasteiger partial charge is 0.394 e. The van der Waals surface area contributed by atoms with Crippen LogP contribution < -0.4 is 0 Å². The molecule has 0 aliphatic carbocycles. The monoisotopic (exact) mass is 388 g/mol. The molecule has 0 spiro atoms. The third-order valence-corrected chi connectivity index (χ3v) is 5.57. The minimum Gasteiger partial charge on any atom is -0.394 e. The van der Waals surface area contributed by atoms with Gasteiger partial charge in [-0.3, -0.25) is 0 Å². The molecule has 0 aromatic carbocycles. The van der Waals surface area contributed by atoms with Crippen LogP contribution in [-0.2, 0) is 9.47 Å². The molecular weight excluding hydrogens is 344 g/mol. The van der Waals surface area contributed by atoms with E-state index >= 15 is 0 Å². The summed E-state index contributed by atoms with van der Waals surface area (Å²) in [6, 6.07) is 0. The summed E-state index contributed by atoms with van der Waals surface area (Å²) in [4.78, 5) is 0. The summed E-state index contributed by atoms with van der Waals surface area (Å²) in [5.41, 5.74) is 0. The summed E-state index contributed by atoms with van der Waals surface area (Å²) in [6.45, 7) is 2.64. The molecule has 1 saturated heterocycles.